The van der Waals surface area contributed by atoms with Crippen molar-refractivity contribution in [3.05, 3.63) is 22.7 Å². The minimum Gasteiger partial charge on any atom is -0.444 e. The average Bonchev–Trinajstić information content (AvgIpc) is 2.90. The van der Waals surface area contributed by atoms with Crippen LogP contribution >= 0.6 is 15.9 Å². The molecule has 0 aromatic heterocycles. The molecule has 2 amide bonds. The highest BCUT2D eigenvalue weighted by Crippen LogP contribution is 2.34. The van der Waals surface area contributed by atoms with E-state index in [1.54, 1.807) is 6.07 Å². The first kappa shape index (κ1) is 19.5. The Labute approximate surface area is 155 Å². The van der Waals surface area contributed by atoms with Crippen molar-refractivity contribution in [2.75, 3.05) is 23.4 Å². The van der Waals surface area contributed by atoms with Crippen molar-refractivity contribution in [2.24, 2.45) is 0 Å². The van der Waals surface area contributed by atoms with Gasteiger partial charge in [-0.2, -0.15) is 0 Å². The number of hydrogen-bond donors (Lipinski definition) is 3. The lowest BCUT2D eigenvalue weighted by molar-refractivity contribution is -0.105. The van der Waals surface area contributed by atoms with Gasteiger partial charge in [-0.1, -0.05) is 15.9 Å². The van der Waals surface area contributed by atoms with Gasteiger partial charge in [0.15, 0.2) is 0 Å². The van der Waals surface area contributed by atoms with Crippen LogP contribution in [0.15, 0.2) is 22.7 Å². The molecule has 0 radical (unpaired) electrons. The quantitative estimate of drug-likeness (QED) is 0.644. The van der Waals surface area contributed by atoms with Crippen molar-refractivity contribution in [3.63, 3.8) is 0 Å². The Kier molecular flexibility index (Phi) is 6.29. The van der Waals surface area contributed by atoms with Crippen LogP contribution in [0.1, 0.15) is 27.2 Å². The second-order valence-corrected chi connectivity index (χ2v) is 7.91. The number of carbonyl (C=O) groups is 2. The van der Waals surface area contributed by atoms with Crippen molar-refractivity contribution in [1.82, 2.24) is 5.32 Å². The van der Waals surface area contributed by atoms with E-state index in [-0.39, 0.29) is 18.7 Å². The molecule has 7 nitrogen and oxygen atoms in total. The number of carbonyl (C=O) groups excluding carboxylic acids is 2. The van der Waals surface area contributed by atoms with Crippen molar-refractivity contribution in [2.45, 2.75) is 44.9 Å². The molecule has 0 bridgehead atoms. The van der Waals surface area contributed by atoms with Crippen LogP contribution in [0.4, 0.5) is 16.2 Å². The normalized spacial score (nSPS) is 20.3. The summed E-state index contributed by atoms with van der Waals surface area (Å²) in [4.78, 5) is 24.8. The molecule has 0 spiro atoms. The van der Waals surface area contributed by atoms with E-state index < -0.39 is 11.7 Å². The van der Waals surface area contributed by atoms with Crippen LogP contribution in [0.2, 0.25) is 0 Å². The molecule has 2 rings (SSSR count). The molecule has 3 N–H and O–H groups in total. The highest BCUT2D eigenvalue weighted by Gasteiger charge is 2.34. The number of aliphatic hydroxyl groups excluding tert-OH is 1. The lowest BCUT2D eigenvalue weighted by Crippen LogP contribution is -2.40. The summed E-state index contributed by atoms with van der Waals surface area (Å²) in [5.41, 5.74) is 0.868. The van der Waals surface area contributed by atoms with Gasteiger partial charge < -0.3 is 25.4 Å². The molecule has 1 aliphatic rings. The van der Waals surface area contributed by atoms with Crippen molar-refractivity contribution >= 4 is 39.8 Å². The molecule has 1 heterocycles. The maximum Gasteiger partial charge on any atom is 0.407 e. The van der Waals surface area contributed by atoms with E-state index in [4.69, 9.17) is 4.74 Å². The van der Waals surface area contributed by atoms with Gasteiger partial charge >= 0.3 is 6.09 Å². The van der Waals surface area contributed by atoms with Crippen LogP contribution in [0.5, 0.6) is 0 Å². The molecule has 1 aromatic rings. The van der Waals surface area contributed by atoms with Gasteiger partial charge in [0.2, 0.25) is 6.41 Å². The first-order valence-electron chi connectivity index (χ1n) is 8.10. The van der Waals surface area contributed by atoms with Gasteiger partial charge in [-0.05, 0) is 45.4 Å². The van der Waals surface area contributed by atoms with Gasteiger partial charge in [0.25, 0.3) is 0 Å². The van der Waals surface area contributed by atoms with E-state index in [0.717, 1.165) is 10.2 Å². The Morgan fingerprint density at radius 3 is 2.80 bits per heavy atom. The third kappa shape index (κ3) is 5.34. The lowest BCUT2D eigenvalue weighted by atomic mass is 10.1. The lowest BCUT2D eigenvalue weighted by Gasteiger charge is -2.27. The second-order valence-electron chi connectivity index (χ2n) is 6.99. The van der Waals surface area contributed by atoms with E-state index in [1.165, 1.54) is 0 Å². The minimum absolute atomic E-state index is 0.0560. The Morgan fingerprint density at radius 2 is 2.20 bits per heavy atom. The molecule has 8 heteroatoms. The monoisotopic (exact) mass is 413 g/mol. The molecular weight excluding hydrogens is 390 g/mol. The molecule has 0 saturated carbocycles. The number of nitrogens with zero attached hydrogens (tertiary/aromatic N) is 1. The average molecular weight is 414 g/mol. The number of nitrogens with one attached hydrogen (secondary N) is 2. The Morgan fingerprint density at radius 1 is 1.48 bits per heavy atom. The van der Waals surface area contributed by atoms with Gasteiger partial charge in [0.1, 0.15) is 5.60 Å². The van der Waals surface area contributed by atoms with E-state index in [1.807, 2.05) is 37.8 Å². The largest absolute Gasteiger partial charge is 0.444 e. The van der Waals surface area contributed by atoms with Gasteiger partial charge in [-0.15, -0.1) is 0 Å². The second kappa shape index (κ2) is 8.05. The number of alkyl carbamates (subject to hydrolysis) is 1. The van der Waals surface area contributed by atoms with Crippen molar-refractivity contribution in [3.8, 4) is 0 Å². The smallest absolute Gasteiger partial charge is 0.407 e. The molecule has 1 aliphatic heterocycles. The summed E-state index contributed by atoms with van der Waals surface area (Å²) in [6, 6.07) is 5.17. The predicted molar refractivity (Wildman–Crippen MR) is 99.8 cm³/mol. The zero-order valence-electron chi connectivity index (χ0n) is 14.6. The molecule has 2 atom stereocenters. The molecule has 1 fully saturated rings. The van der Waals surface area contributed by atoms with Crippen molar-refractivity contribution in [1.29, 1.82) is 0 Å². The van der Waals surface area contributed by atoms with Crippen LogP contribution in [0.25, 0.3) is 0 Å². The topological polar surface area (TPSA) is 90.9 Å². The Balaban J connectivity index is 2.15. The zero-order valence-corrected chi connectivity index (χ0v) is 16.2. The number of anilines is 2. The van der Waals surface area contributed by atoms with E-state index in [2.05, 4.69) is 26.6 Å². The summed E-state index contributed by atoms with van der Waals surface area (Å²) in [5.74, 6) is 0. The number of ether oxygens (including phenoxy) is 1. The summed E-state index contributed by atoms with van der Waals surface area (Å²) in [7, 11) is 0. The minimum atomic E-state index is -0.565. The number of benzene rings is 1. The summed E-state index contributed by atoms with van der Waals surface area (Å²) >= 11 is 3.43. The fraction of sp³-hybridized carbons (Fsp3) is 0.529. The van der Waals surface area contributed by atoms with Crippen molar-refractivity contribution < 1.29 is 19.4 Å². The standard InChI is InChI=1S/C17H24BrN3O4/c1-17(2,3)25-16(24)20-12-7-13(9-22)21(8-12)15-6-11(18)4-5-14(15)19-10-23/h4-6,10,12-13,22H,7-9H2,1-3H3,(H,19,23)(H,20,24). The van der Waals surface area contributed by atoms with Gasteiger partial charge in [0, 0.05) is 11.0 Å². The highest BCUT2D eigenvalue weighted by atomic mass is 79.9. The third-order valence-corrected chi connectivity index (χ3v) is 4.32. The molecular formula is C17H24BrN3O4. The summed E-state index contributed by atoms with van der Waals surface area (Å²) in [5, 5.41) is 15.3. The molecule has 25 heavy (non-hydrogen) atoms. The molecule has 138 valence electrons. The zero-order chi connectivity index (χ0) is 18.6. The number of halogens is 1. The SMILES string of the molecule is CC(C)(C)OC(=O)NC1CC(CO)N(c2cc(Br)ccc2NC=O)C1. The van der Waals surface area contributed by atoms with E-state index in [9.17, 15) is 14.7 Å². The molecule has 2 unspecified atom stereocenters. The number of hydrogen-bond acceptors (Lipinski definition) is 5. The number of aliphatic hydroxyl groups is 1. The van der Waals surface area contributed by atoms with Crippen LogP contribution in [0.3, 0.4) is 0 Å². The van der Waals surface area contributed by atoms with Crippen LogP contribution < -0.4 is 15.5 Å². The van der Waals surface area contributed by atoms with E-state index >= 15 is 0 Å². The van der Waals surface area contributed by atoms with E-state index in [0.29, 0.717) is 25.1 Å². The molecule has 1 aromatic carbocycles. The third-order valence-electron chi connectivity index (χ3n) is 3.83. The van der Waals surface area contributed by atoms with Gasteiger partial charge in [-0.25, -0.2) is 4.79 Å². The predicted octanol–water partition coefficient (Wildman–Crippen LogP) is 2.48. The first-order chi connectivity index (χ1) is 11.7. The summed E-state index contributed by atoms with van der Waals surface area (Å²) < 4.78 is 6.15. The van der Waals surface area contributed by atoms with Gasteiger partial charge in [-0.3, -0.25) is 4.79 Å². The maximum absolute atomic E-state index is 12.0. The fourth-order valence-corrected chi connectivity index (χ4v) is 3.24. The maximum atomic E-state index is 12.0. The fourth-order valence-electron chi connectivity index (χ4n) is 2.89. The van der Waals surface area contributed by atoms with Crippen LogP contribution in [0, 0.1) is 0 Å². The Bertz CT molecular complexity index is 633. The van der Waals surface area contributed by atoms with Gasteiger partial charge in [0.05, 0.1) is 30.1 Å². The number of rotatable bonds is 5. The van der Waals surface area contributed by atoms with Crippen LogP contribution in [-0.4, -0.2) is 48.4 Å². The number of amides is 2. The van der Waals surface area contributed by atoms with Crippen LogP contribution in [-0.2, 0) is 9.53 Å². The first-order valence-corrected chi connectivity index (χ1v) is 8.89. The summed E-state index contributed by atoms with van der Waals surface area (Å²) in [6.07, 6.45) is 0.729. The summed E-state index contributed by atoms with van der Waals surface area (Å²) in [6.45, 7) is 5.88. The highest BCUT2D eigenvalue weighted by molar-refractivity contribution is 9.10. The Hall–Kier alpha value is -1.80. The molecule has 1 saturated heterocycles. The molecule has 0 aliphatic carbocycles.